The van der Waals surface area contributed by atoms with Crippen molar-refractivity contribution < 1.29 is 41.8 Å². The summed E-state index contributed by atoms with van der Waals surface area (Å²) in [4.78, 5) is 38.5. The van der Waals surface area contributed by atoms with Gasteiger partial charge < -0.3 is 24.0 Å². The first-order valence-corrected chi connectivity index (χ1v) is 9.13. The standard InChI is InChI=1S/C19H23F3N2O6/c1-4-30-17(26)10-23(11-19(20,21)22)18(27)12-7-16(25)24(9-12)14-6-5-13(28-2)8-15(14)29-3/h5-6,8,12H,4,7,9-11H2,1-3H3. The minimum Gasteiger partial charge on any atom is -0.497 e. The smallest absolute Gasteiger partial charge is 0.406 e. The van der Waals surface area contributed by atoms with Gasteiger partial charge in [0.2, 0.25) is 11.8 Å². The number of nitrogens with zero attached hydrogens (tertiary/aromatic N) is 2. The molecule has 1 aliphatic rings. The summed E-state index contributed by atoms with van der Waals surface area (Å²) in [6, 6.07) is 4.71. The van der Waals surface area contributed by atoms with Gasteiger partial charge in [-0.05, 0) is 19.1 Å². The highest BCUT2D eigenvalue weighted by atomic mass is 19.4. The summed E-state index contributed by atoms with van der Waals surface area (Å²) in [5.74, 6) is -2.58. The SMILES string of the molecule is CCOC(=O)CN(CC(F)(F)F)C(=O)C1CC(=O)N(c2ccc(OC)cc2OC)C1. The van der Waals surface area contributed by atoms with Gasteiger partial charge in [0.15, 0.2) is 0 Å². The van der Waals surface area contributed by atoms with Crippen molar-refractivity contribution in [1.82, 2.24) is 4.90 Å². The molecule has 0 bridgehead atoms. The number of benzene rings is 1. The zero-order valence-corrected chi connectivity index (χ0v) is 16.8. The fourth-order valence-electron chi connectivity index (χ4n) is 3.16. The lowest BCUT2D eigenvalue weighted by Crippen LogP contribution is -2.45. The molecule has 0 radical (unpaired) electrons. The molecule has 1 aromatic rings. The molecule has 1 atom stereocenters. The summed E-state index contributed by atoms with van der Waals surface area (Å²) < 4.78 is 53.8. The number of anilines is 1. The van der Waals surface area contributed by atoms with Crippen LogP contribution in [0.4, 0.5) is 18.9 Å². The zero-order chi connectivity index (χ0) is 22.5. The molecule has 1 unspecified atom stereocenters. The second kappa shape index (κ2) is 9.68. The molecule has 0 N–H and O–H groups in total. The van der Waals surface area contributed by atoms with Gasteiger partial charge >= 0.3 is 12.1 Å². The molecule has 11 heteroatoms. The number of ether oxygens (including phenoxy) is 3. The summed E-state index contributed by atoms with van der Waals surface area (Å²) >= 11 is 0. The molecule has 166 valence electrons. The van der Waals surface area contributed by atoms with E-state index in [1.54, 1.807) is 18.2 Å². The van der Waals surface area contributed by atoms with Gasteiger partial charge in [-0.3, -0.25) is 14.4 Å². The quantitative estimate of drug-likeness (QED) is 0.585. The molecule has 1 fully saturated rings. The topological polar surface area (TPSA) is 85.4 Å². The number of halogens is 3. The minimum atomic E-state index is -4.70. The van der Waals surface area contributed by atoms with Gasteiger partial charge in [-0.2, -0.15) is 13.2 Å². The van der Waals surface area contributed by atoms with Crippen LogP contribution in [-0.2, 0) is 19.1 Å². The average molecular weight is 432 g/mol. The Kier molecular flexibility index (Phi) is 7.52. The number of alkyl halides is 3. The molecule has 0 saturated carbocycles. The van der Waals surface area contributed by atoms with Crippen molar-refractivity contribution in [3.8, 4) is 11.5 Å². The number of hydrogen-bond donors (Lipinski definition) is 0. The third kappa shape index (κ3) is 5.77. The van der Waals surface area contributed by atoms with E-state index in [9.17, 15) is 27.6 Å². The average Bonchev–Trinajstić information content (AvgIpc) is 3.06. The lowest BCUT2D eigenvalue weighted by molar-refractivity contribution is -0.169. The lowest BCUT2D eigenvalue weighted by atomic mass is 10.1. The van der Waals surface area contributed by atoms with Crippen LogP contribution >= 0.6 is 0 Å². The maximum atomic E-state index is 12.9. The predicted octanol–water partition coefficient (Wildman–Crippen LogP) is 2.01. The van der Waals surface area contributed by atoms with Gasteiger partial charge in [-0.1, -0.05) is 0 Å². The van der Waals surface area contributed by atoms with Gasteiger partial charge in [0, 0.05) is 19.0 Å². The van der Waals surface area contributed by atoms with Crippen LogP contribution in [0.3, 0.4) is 0 Å². The largest absolute Gasteiger partial charge is 0.497 e. The number of amides is 2. The highest BCUT2D eigenvalue weighted by Crippen LogP contribution is 2.36. The molecule has 2 rings (SSSR count). The molecule has 0 aliphatic carbocycles. The van der Waals surface area contributed by atoms with Crippen molar-refractivity contribution in [1.29, 1.82) is 0 Å². The van der Waals surface area contributed by atoms with E-state index in [4.69, 9.17) is 9.47 Å². The molecule has 0 spiro atoms. The first-order chi connectivity index (χ1) is 14.1. The molecule has 1 aliphatic heterocycles. The Morgan fingerprint density at radius 3 is 2.50 bits per heavy atom. The van der Waals surface area contributed by atoms with E-state index in [0.29, 0.717) is 22.1 Å². The third-order valence-corrected chi connectivity index (χ3v) is 4.46. The maximum absolute atomic E-state index is 12.9. The number of hydrogen-bond acceptors (Lipinski definition) is 6. The van der Waals surface area contributed by atoms with Crippen molar-refractivity contribution in [2.45, 2.75) is 19.5 Å². The Hall–Kier alpha value is -2.98. The van der Waals surface area contributed by atoms with Crippen LogP contribution in [0.1, 0.15) is 13.3 Å². The zero-order valence-electron chi connectivity index (χ0n) is 16.8. The normalized spacial score (nSPS) is 16.4. The molecular weight excluding hydrogens is 409 g/mol. The Balaban J connectivity index is 2.21. The molecule has 1 saturated heterocycles. The van der Waals surface area contributed by atoms with Crippen LogP contribution in [0.2, 0.25) is 0 Å². The number of esters is 1. The Morgan fingerprint density at radius 2 is 1.93 bits per heavy atom. The van der Waals surface area contributed by atoms with Gasteiger partial charge in [0.25, 0.3) is 0 Å². The van der Waals surface area contributed by atoms with E-state index < -0.39 is 43.0 Å². The number of carbonyl (C=O) groups is 3. The van der Waals surface area contributed by atoms with Crippen LogP contribution in [-0.4, -0.2) is 69.3 Å². The number of methoxy groups -OCH3 is 2. The molecule has 2 amide bonds. The second-order valence-corrected chi connectivity index (χ2v) is 6.56. The van der Waals surface area contributed by atoms with Crippen LogP contribution in [0.15, 0.2) is 18.2 Å². The Bertz CT molecular complexity index is 799. The van der Waals surface area contributed by atoms with Gasteiger partial charge in [0.1, 0.15) is 24.6 Å². The second-order valence-electron chi connectivity index (χ2n) is 6.56. The number of rotatable bonds is 8. The van der Waals surface area contributed by atoms with Crippen molar-refractivity contribution in [2.24, 2.45) is 5.92 Å². The predicted molar refractivity (Wildman–Crippen MR) is 99.3 cm³/mol. The van der Waals surface area contributed by atoms with E-state index in [1.165, 1.54) is 26.0 Å². The van der Waals surface area contributed by atoms with Crippen molar-refractivity contribution in [3.63, 3.8) is 0 Å². The van der Waals surface area contributed by atoms with Crippen molar-refractivity contribution >= 4 is 23.5 Å². The van der Waals surface area contributed by atoms with Crippen LogP contribution < -0.4 is 14.4 Å². The van der Waals surface area contributed by atoms with Gasteiger partial charge in [-0.15, -0.1) is 0 Å². The Morgan fingerprint density at radius 1 is 1.23 bits per heavy atom. The fourth-order valence-corrected chi connectivity index (χ4v) is 3.16. The van der Waals surface area contributed by atoms with E-state index in [2.05, 4.69) is 4.74 Å². The first-order valence-electron chi connectivity index (χ1n) is 9.13. The molecule has 1 heterocycles. The summed E-state index contributed by atoms with van der Waals surface area (Å²) in [5.41, 5.74) is 0.367. The van der Waals surface area contributed by atoms with Crippen molar-refractivity contribution in [2.75, 3.05) is 45.4 Å². The molecule has 1 aromatic carbocycles. The summed E-state index contributed by atoms with van der Waals surface area (Å²) in [5, 5.41) is 0. The van der Waals surface area contributed by atoms with E-state index in [0.717, 1.165) is 0 Å². The summed E-state index contributed by atoms with van der Waals surface area (Å²) in [6.07, 6.45) is -4.99. The molecule has 30 heavy (non-hydrogen) atoms. The lowest BCUT2D eigenvalue weighted by Gasteiger charge is -2.26. The highest BCUT2D eigenvalue weighted by molar-refractivity contribution is 6.01. The highest BCUT2D eigenvalue weighted by Gasteiger charge is 2.42. The summed E-state index contributed by atoms with van der Waals surface area (Å²) in [7, 11) is 2.86. The third-order valence-electron chi connectivity index (χ3n) is 4.46. The van der Waals surface area contributed by atoms with E-state index in [1.807, 2.05) is 0 Å². The molecular formula is C19H23F3N2O6. The first kappa shape index (κ1) is 23.3. The van der Waals surface area contributed by atoms with E-state index >= 15 is 0 Å². The van der Waals surface area contributed by atoms with E-state index in [-0.39, 0.29) is 19.6 Å². The van der Waals surface area contributed by atoms with Gasteiger partial charge in [-0.25, -0.2) is 0 Å². The summed E-state index contributed by atoms with van der Waals surface area (Å²) in [6.45, 7) is -1.12. The monoisotopic (exact) mass is 432 g/mol. The molecule has 8 nitrogen and oxygen atoms in total. The molecule has 0 aromatic heterocycles. The van der Waals surface area contributed by atoms with Crippen molar-refractivity contribution in [3.05, 3.63) is 18.2 Å². The van der Waals surface area contributed by atoms with Crippen LogP contribution in [0, 0.1) is 5.92 Å². The number of carbonyl (C=O) groups excluding carboxylic acids is 3. The minimum absolute atomic E-state index is 0.0279. The Labute approximate surface area is 171 Å². The van der Waals surface area contributed by atoms with Crippen LogP contribution in [0.25, 0.3) is 0 Å². The fraction of sp³-hybridized carbons (Fsp3) is 0.526. The van der Waals surface area contributed by atoms with Crippen LogP contribution in [0.5, 0.6) is 11.5 Å². The maximum Gasteiger partial charge on any atom is 0.406 e. The van der Waals surface area contributed by atoms with Gasteiger partial charge in [0.05, 0.1) is 32.4 Å².